The van der Waals surface area contributed by atoms with Crippen molar-refractivity contribution in [3.05, 3.63) is 35.4 Å². The largest absolute Gasteiger partial charge is 0.481 e. The summed E-state index contributed by atoms with van der Waals surface area (Å²) in [6, 6.07) is 8.24. The van der Waals surface area contributed by atoms with Gasteiger partial charge in [0, 0.05) is 0 Å². The van der Waals surface area contributed by atoms with Crippen LogP contribution in [-0.2, 0) is 11.2 Å². The zero-order chi connectivity index (χ0) is 19.5. The van der Waals surface area contributed by atoms with Gasteiger partial charge in [-0.3, -0.25) is 4.79 Å². The molecule has 1 aromatic carbocycles. The third kappa shape index (κ3) is 8.87. The molecule has 1 rings (SSSR count). The molecule has 0 heterocycles. The Kier molecular flexibility index (Phi) is 10.6. The number of carboxylic acids is 1. The quantitative estimate of drug-likeness (QED) is 0.408. The standard InChI is InChI=1S/C24H40O2/c1-6-23(24(25)26)22-15-13-21(14-16-22)17-20(5)12-8-11-19(4)10-7-9-18(2)3/h13-16,18-20,23H,6-12,17H2,1-5H3,(H,25,26). The molecule has 3 unspecified atom stereocenters. The Hall–Kier alpha value is -1.31. The van der Waals surface area contributed by atoms with Crippen molar-refractivity contribution in [1.29, 1.82) is 0 Å². The first-order valence-corrected chi connectivity index (χ1v) is 10.6. The van der Waals surface area contributed by atoms with E-state index in [2.05, 4.69) is 39.8 Å². The van der Waals surface area contributed by atoms with Crippen LogP contribution in [0.3, 0.4) is 0 Å². The smallest absolute Gasteiger partial charge is 0.310 e. The highest BCUT2D eigenvalue weighted by molar-refractivity contribution is 5.75. The molecule has 2 heteroatoms. The Labute approximate surface area is 161 Å². The summed E-state index contributed by atoms with van der Waals surface area (Å²) in [5.41, 5.74) is 2.25. The molecule has 1 aromatic rings. The van der Waals surface area contributed by atoms with Crippen molar-refractivity contribution in [3.63, 3.8) is 0 Å². The average molecular weight is 361 g/mol. The summed E-state index contributed by atoms with van der Waals surface area (Å²) in [5, 5.41) is 9.26. The zero-order valence-electron chi connectivity index (χ0n) is 17.6. The van der Waals surface area contributed by atoms with Crippen molar-refractivity contribution in [1.82, 2.24) is 0 Å². The lowest BCUT2D eigenvalue weighted by Gasteiger charge is -2.16. The lowest BCUT2D eigenvalue weighted by Crippen LogP contribution is -2.10. The molecule has 0 aromatic heterocycles. The Balaban J connectivity index is 2.32. The molecule has 0 saturated carbocycles. The fourth-order valence-corrected chi connectivity index (χ4v) is 3.78. The predicted molar refractivity (Wildman–Crippen MR) is 112 cm³/mol. The SMILES string of the molecule is CCC(C(=O)O)c1ccc(CC(C)CCCC(C)CCCC(C)C)cc1. The molecule has 1 N–H and O–H groups in total. The fourth-order valence-electron chi connectivity index (χ4n) is 3.78. The lowest BCUT2D eigenvalue weighted by molar-refractivity contribution is -0.138. The highest BCUT2D eigenvalue weighted by Gasteiger charge is 2.17. The van der Waals surface area contributed by atoms with E-state index in [-0.39, 0.29) is 5.92 Å². The molecule has 0 bridgehead atoms. The van der Waals surface area contributed by atoms with E-state index in [0.717, 1.165) is 23.8 Å². The van der Waals surface area contributed by atoms with Gasteiger partial charge < -0.3 is 5.11 Å². The highest BCUT2D eigenvalue weighted by Crippen LogP contribution is 2.23. The Morgan fingerprint density at radius 3 is 1.92 bits per heavy atom. The van der Waals surface area contributed by atoms with Gasteiger partial charge in [0.25, 0.3) is 0 Å². The number of aliphatic carboxylic acids is 1. The minimum atomic E-state index is -0.726. The number of hydrogen-bond donors (Lipinski definition) is 1. The van der Waals surface area contributed by atoms with E-state index in [1.807, 2.05) is 19.1 Å². The molecule has 0 fully saturated rings. The van der Waals surface area contributed by atoms with Gasteiger partial charge in [-0.05, 0) is 41.7 Å². The van der Waals surface area contributed by atoms with Crippen LogP contribution in [-0.4, -0.2) is 11.1 Å². The minimum Gasteiger partial charge on any atom is -0.481 e. The van der Waals surface area contributed by atoms with E-state index in [0.29, 0.717) is 12.3 Å². The summed E-state index contributed by atoms with van der Waals surface area (Å²) >= 11 is 0. The normalized spacial score (nSPS) is 15.0. The van der Waals surface area contributed by atoms with E-state index in [4.69, 9.17) is 0 Å². The van der Waals surface area contributed by atoms with Crippen molar-refractivity contribution < 1.29 is 9.90 Å². The molecular weight excluding hydrogens is 320 g/mol. The molecule has 26 heavy (non-hydrogen) atoms. The van der Waals surface area contributed by atoms with E-state index in [1.54, 1.807) is 0 Å². The number of benzene rings is 1. The monoisotopic (exact) mass is 360 g/mol. The molecule has 0 saturated heterocycles. The lowest BCUT2D eigenvalue weighted by atomic mass is 9.90. The first-order chi connectivity index (χ1) is 12.3. The summed E-state index contributed by atoms with van der Waals surface area (Å²) in [4.78, 5) is 11.3. The predicted octanol–water partition coefficient (Wildman–Crippen LogP) is 7.08. The van der Waals surface area contributed by atoms with Crippen molar-refractivity contribution in [2.24, 2.45) is 17.8 Å². The summed E-state index contributed by atoms with van der Waals surface area (Å²) < 4.78 is 0. The first-order valence-electron chi connectivity index (χ1n) is 10.6. The molecule has 3 atom stereocenters. The van der Waals surface area contributed by atoms with Crippen LogP contribution in [0.2, 0.25) is 0 Å². The third-order valence-electron chi connectivity index (χ3n) is 5.54. The molecule has 0 aliphatic rings. The number of hydrogen-bond acceptors (Lipinski definition) is 1. The minimum absolute atomic E-state index is 0.376. The second-order valence-corrected chi connectivity index (χ2v) is 8.71. The van der Waals surface area contributed by atoms with Gasteiger partial charge in [0.1, 0.15) is 0 Å². The maximum absolute atomic E-state index is 11.3. The average Bonchev–Trinajstić information content (AvgIpc) is 2.56. The molecule has 0 aliphatic carbocycles. The Morgan fingerprint density at radius 1 is 0.885 bits per heavy atom. The number of rotatable bonds is 13. The summed E-state index contributed by atoms with van der Waals surface area (Å²) in [7, 11) is 0. The second-order valence-electron chi connectivity index (χ2n) is 8.71. The van der Waals surface area contributed by atoms with Crippen LogP contribution in [0.25, 0.3) is 0 Å². The summed E-state index contributed by atoms with van der Waals surface area (Å²) in [6.45, 7) is 11.3. The fraction of sp³-hybridized carbons (Fsp3) is 0.708. The highest BCUT2D eigenvalue weighted by atomic mass is 16.4. The van der Waals surface area contributed by atoms with Gasteiger partial charge >= 0.3 is 5.97 Å². The van der Waals surface area contributed by atoms with E-state index >= 15 is 0 Å². The van der Waals surface area contributed by atoms with E-state index in [1.165, 1.54) is 44.1 Å². The van der Waals surface area contributed by atoms with Crippen LogP contribution in [0.1, 0.15) is 96.6 Å². The maximum atomic E-state index is 11.3. The molecule has 0 aliphatic heterocycles. The van der Waals surface area contributed by atoms with Crippen LogP contribution in [0.5, 0.6) is 0 Å². The van der Waals surface area contributed by atoms with Crippen LogP contribution >= 0.6 is 0 Å². The van der Waals surface area contributed by atoms with Crippen molar-refractivity contribution in [2.45, 2.75) is 91.9 Å². The van der Waals surface area contributed by atoms with E-state index < -0.39 is 5.97 Å². The maximum Gasteiger partial charge on any atom is 0.310 e. The van der Waals surface area contributed by atoms with Crippen LogP contribution in [0, 0.1) is 17.8 Å². The Morgan fingerprint density at radius 2 is 1.42 bits per heavy atom. The van der Waals surface area contributed by atoms with Crippen molar-refractivity contribution in [3.8, 4) is 0 Å². The number of carboxylic acid groups (broad SMARTS) is 1. The van der Waals surface area contributed by atoms with Gasteiger partial charge in [-0.2, -0.15) is 0 Å². The van der Waals surface area contributed by atoms with Gasteiger partial charge in [-0.1, -0.05) is 97.4 Å². The van der Waals surface area contributed by atoms with Gasteiger partial charge in [0.2, 0.25) is 0 Å². The topological polar surface area (TPSA) is 37.3 Å². The third-order valence-corrected chi connectivity index (χ3v) is 5.54. The van der Waals surface area contributed by atoms with Crippen LogP contribution in [0.15, 0.2) is 24.3 Å². The van der Waals surface area contributed by atoms with Crippen LogP contribution < -0.4 is 0 Å². The molecule has 0 spiro atoms. The molecular formula is C24H40O2. The Bertz CT molecular complexity index is 503. The summed E-state index contributed by atoms with van der Waals surface area (Å²) in [5.74, 6) is 1.26. The van der Waals surface area contributed by atoms with Gasteiger partial charge in [-0.15, -0.1) is 0 Å². The molecule has 148 valence electrons. The van der Waals surface area contributed by atoms with Gasteiger partial charge in [-0.25, -0.2) is 0 Å². The first kappa shape index (κ1) is 22.7. The van der Waals surface area contributed by atoms with Crippen LogP contribution in [0.4, 0.5) is 0 Å². The van der Waals surface area contributed by atoms with Crippen molar-refractivity contribution in [2.75, 3.05) is 0 Å². The molecule has 0 radical (unpaired) electrons. The van der Waals surface area contributed by atoms with Crippen molar-refractivity contribution >= 4 is 5.97 Å². The van der Waals surface area contributed by atoms with E-state index in [9.17, 15) is 9.90 Å². The molecule has 2 nitrogen and oxygen atoms in total. The second kappa shape index (κ2) is 12.1. The zero-order valence-corrected chi connectivity index (χ0v) is 17.6. The number of carbonyl (C=O) groups is 1. The summed E-state index contributed by atoms with van der Waals surface area (Å²) in [6.07, 6.45) is 9.77. The molecule has 0 amide bonds. The van der Waals surface area contributed by atoms with Gasteiger partial charge in [0.15, 0.2) is 0 Å². The van der Waals surface area contributed by atoms with Gasteiger partial charge in [0.05, 0.1) is 5.92 Å².